The van der Waals surface area contributed by atoms with Crippen LogP contribution in [0.4, 0.5) is 0 Å². The highest BCUT2D eigenvalue weighted by molar-refractivity contribution is 5.76. The lowest BCUT2D eigenvalue weighted by Crippen LogP contribution is -2.39. The maximum atomic E-state index is 12.6. The molecule has 0 bridgehead atoms. The quantitative estimate of drug-likeness (QED) is 0.829. The average molecular weight is 343 g/mol. The zero-order valence-corrected chi connectivity index (χ0v) is 15.1. The number of aromatic nitrogens is 4. The van der Waals surface area contributed by atoms with E-state index in [1.165, 1.54) is 0 Å². The molecule has 0 aliphatic carbocycles. The molecule has 1 unspecified atom stereocenters. The van der Waals surface area contributed by atoms with Gasteiger partial charge in [-0.15, -0.1) is 10.2 Å². The molecule has 1 fully saturated rings. The second-order valence-corrected chi connectivity index (χ2v) is 6.90. The van der Waals surface area contributed by atoms with Crippen LogP contribution in [0.2, 0.25) is 0 Å². The van der Waals surface area contributed by atoms with Gasteiger partial charge in [-0.3, -0.25) is 4.79 Å². The molecule has 3 rings (SSSR count). The van der Waals surface area contributed by atoms with E-state index in [2.05, 4.69) is 20.2 Å². The van der Waals surface area contributed by atoms with E-state index in [0.29, 0.717) is 24.6 Å². The first-order valence-electron chi connectivity index (χ1n) is 8.92. The fourth-order valence-electron chi connectivity index (χ4n) is 3.12. The highest BCUT2D eigenvalue weighted by atomic mass is 16.4. The van der Waals surface area contributed by atoms with Crippen LogP contribution in [-0.2, 0) is 11.2 Å². The van der Waals surface area contributed by atoms with Crippen LogP contribution in [0, 0.1) is 6.92 Å². The highest BCUT2D eigenvalue weighted by Crippen LogP contribution is 2.26. The number of likely N-dealkylation sites (tertiary alicyclic amines) is 1. The predicted octanol–water partition coefficient (Wildman–Crippen LogP) is 2.63. The number of amides is 1. The predicted molar refractivity (Wildman–Crippen MR) is 92.0 cm³/mol. The van der Waals surface area contributed by atoms with Crippen molar-refractivity contribution in [3.05, 3.63) is 35.6 Å². The molecule has 7 nitrogen and oxygen atoms in total. The van der Waals surface area contributed by atoms with Crippen molar-refractivity contribution in [2.24, 2.45) is 0 Å². The smallest absolute Gasteiger partial charge is 0.223 e. The van der Waals surface area contributed by atoms with E-state index in [-0.39, 0.29) is 17.7 Å². The summed E-state index contributed by atoms with van der Waals surface area (Å²) in [6.07, 6.45) is 4.74. The summed E-state index contributed by atoms with van der Waals surface area (Å²) in [6.45, 7) is 7.43. The lowest BCUT2D eigenvalue weighted by atomic mass is 9.94. The molecule has 0 saturated carbocycles. The molecule has 3 heterocycles. The van der Waals surface area contributed by atoms with Crippen LogP contribution >= 0.6 is 0 Å². The van der Waals surface area contributed by atoms with Gasteiger partial charge in [0.1, 0.15) is 5.82 Å². The molecule has 0 N–H and O–H groups in total. The molecular weight excluding hydrogens is 318 g/mol. The third kappa shape index (κ3) is 4.41. The Morgan fingerprint density at radius 3 is 2.96 bits per heavy atom. The van der Waals surface area contributed by atoms with Crippen molar-refractivity contribution in [3.63, 3.8) is 0 Å². The summed E-state index contributed by atoms with van der Waals surface area (Å²) < 4.78 is 5.58. The van der Waals surface area contributed by atoms with Crippen molar-refractivity contribution in [1.82, 2.24) is 25.1 Å². The molecular formula is C18H25N5O2. The van der Waals surface area contributed by atoms with Crippen LogP contribution in [0.25, 0.3) is 0 Å². The van der Waals surface area contributed by atoms with Gasteiger partial charge in [0.25, 0.3) is 0 Å². The number of aryl methyl sites for hydroxylation is 2. The summed E-state index contributed by atoms with van der Waals surface area (Å²) in [6, 6.07) is 1.96. The van der Waals surface area contributed by atoms with E-state index in [9.17, 15) is 4.79 Å². The molecule has 2 aromatic heterocycles. The summed E-state index contributed by atoms with van der Waals surface area (Å²) in [5.74, 6) is 2.57. The minimum absolute atomic E-state index is 0.139. The normalized spacial score (nSPS) is 17.9. The third-order valence-electron chi connectivity index (χ3n) is 4.52. The van der Waals surface area contributed by atoms with Crippen molar-refractivity contribution in [3.8, 4) is 0 Å². The van der Waals surface area contributed by atoms with E-state index >= 15 is 0 Å². The van der Waals surface area contributed by atoms with Gasteiger partial charge in [0.05, 0.1) is 0 Å². The first kappa shape index (κ1) is 17.5. The fourth-order valence-corrected chi connectivity index (χ4v) is 3.12. The Hall–Kier alpha value is -2.31. The SMILES string of the molecule is Cc1nccc(C2CCCN(C(=O)CCc3nnc(C(C)C)o3)C2)n1. The van der Waals surface area contributed by atoms with Crippen LogP contribution < -0.4 is 0 Å². The van der Waals surface area contributed by atoms with Crippen molar-refractivity contribution >= 4 is 5.91 Å². The number of carbonyl (C=O) groups excluding carboxylic acids is 1. The molecule has 1 aliphatic heterocycles. The molecule has 1 atom stereocenters. The van der Waals surface area contributed by atoms with E-state index in [1.54, 1.807) is 6.20 Å². The van der Waals surface area contributed by atoms with Crippen LogP contribution in [0.5, 0.6) is 0 Å². The summed E-state index contributed by atoms with van der Waals surface area (Å²) in [5, 5.41) is 8.03. The van der Waals surface area contributed by atoms with Gasteiger partial charge in [-0.1, -0.05) is 13.8 Å². The van der Waals surface area contributed by atoms with Crippen molar-refractivity contribution in [2.45, 2.75) is 58.3 Å². The Morgan fingerprint density at radius 1 is 1.40 bits per heavy atom. The molecule has 7 heteroatoms. The number of rotatable bonds is 5. The zero-order valence-electron chi connectivity index (χ0n) is 15.1. The Morgan fingerprint density at radius 2 is 2.24 bits per heavy atom. The zero-order chi connectivity index (χ0) is 17.8. The van der Waals surface area contributed by atoms with Gasteiger partial charge >= 0.3 is 0 Å². The number of hydrogen-bond donors (Lipinski definition) is 0. The summed E-state index contributed by atoms with van der Waals surface area (Å²) >= 11 is 0. The monoisotopic (exact) mass is 343 g/mol. The number of piperidine rings is 1. The summed E-state index contributed by atoms with van der Waals surface area (Å²) in [5.41, 5.74) is 1.03. The van der Waals surface area contributed by atoms with Crippen LogP contribution in [0.1, 0.15) is 68.2 Å². The molecule has 0 aromatic carbocycles. The Labute approximate surface area is 147 Å². The topological polar surface area (TPSA) is 85.0 Å². The number of carbonyl (C=O) groups is 1. The minimum atomic E-state index is 0.139. The molecule has 1 amide bonds. The van der Waals surface area contributed by atoms with Gasteiger partial charge in [-0.25, -0.2) is 9.97 Å². The van der Waals surface area contributed by atoms with Crippen molar-refractivity contribution in [1.29, 1.82) is 0 Å². The van der Waals surface area contributed by atoms with E-state index in [0.717, 1.165) is 37.4 Å². The van der Waals surface area contributed by atoms with Crippen molar-refractivity contribution < 1.29 is 9.21 Å². The Bertz CT molecular complexity index is 728. The van der Waals surface area contributed by atoms with Gasteiger partial charge in [0, 0.05) is 49.7 Å². The second kappa shape index (κ2) is 7.72. The van der Waals surface area contributed by atoms with Gasteiger partial charge in [0.15, 0.2) is 0 Å². The van der Waals surface area contributed by atoms with Crippen LogP contribution in [-0.4, -0.2) is 44.1 Å². The first-order valence-corrected chi connectivity index (χ1v) is 8.92. The number of hydrogen-bond acceptors (Lipinski definition) is 6. The molecule has 2 aromatic rings. The van der Waals surface area contributed by atoms with Crippen LogP contribution in [0.3, 0.4) is 0 Å². The summed E-state index contributed by atoms with van der Waals surface area (Å²) in [4.78, 5) is 23.2. The maximum Gasteiger partial charge on any atom is 0.223 e. The van der Waals surface area contributed by atoms with Crippen LogP contribution in [0.15, 0.2) is 16.7 Å². The molecule has 0 radical (unpaired) electrons. The molecule has 0 spiro atoms. The minimum Gasteiger partial charge on any atom is -0.425 e. The number of nitrogens with zero attached hydrogens (tertiary/aromatic N) is 5. The molecule has 25 heavy (non-hydrogen) atoms. The molecule has 134 valence electrons. The summed E-state index contributed by atoms with van der Waals surface area (Å²) in [7, 11) is 0. The van der Waals surface area contributed by atoms with E-state index in [4.69, 9.17) is 4.42 Å². The maximum absolute atomic E-state index is 12.6. The Kier molecular flexibility index (Phi) is 5.40. The lowest BCUT2D eigenvalue weighted by Gasteiger charge is -2.32. The van der Waals surface area contributed by atoms with Gasteiger partial charge in [-0.2, -0.15) is 0 Å². The second-order valence-electron chi connectivity index (χ2n) is 6.90. The van der Waals surface area contributed by atoms with E-state index in [1.807, 2.05) is 31.7 Å². The van der Waals surface area contributed by atoms with E-state index < -0.39 is 0 Å². The lowest BCUT2D eigenvalue weighted by molar-refractivity contribution is -0.132. The third-order valence-corrected chi connectivity index (χ3v) is 4.52. The largest absolute Gasteiger partial charge is 0.425 e. The van der Waals surface area contributed by atoms with Gasteiger partial charge < -0.3 is 9.32 Å². The average Bonchev–Trinajstić information content (AvgIpc) is 3.09. The highest BCUT2D eigenvalue weighted by Gasteiger charge is 2.26. The van der Waals surface area contributed by atoms with Crippen molar-refractivity contribution in [2.75, 3.05) is 13.1 Å². The fraction of sp³-hybridized carbons (Fsp3) is 0.611. The first-order chi connectivity index (χ1) is 12.0. The van der Waals surface area contributed by atoms with Gasteiger partial charge in [0.2, 0.25) is 17.7 Å². The van der Waals surface area contributed by atoms with Gasteiger partial charge in [-0.05, 0) is 25.8 Å². The molecule has 1 saturated heterocycles. The molecule has 1 aliphatic rings. The Balaban J connectivity index is 1.56. The standard InChI is InChI=1S/C18H25N5O2/c1-12(2)18-22-21-16(25-18)6-7-17(24)23-10-4-5-14(11-23)15-8-9-19-13(3)20-15/h8-9,12,14H,4-7,10-11H2,1-3H3.